The van der Waals surface area contributed by atoms with E-state index in [1.807, 2.05) is 24.3 Å². The van der Waals surface area contributed by atoms with Gasteiger partial charge in [-0.2, -0.15) is 5.10 Å². The van der Waals surface area contributed by atoms with Crippen molar-refractivity contribution in [2.45, 2.75) is 13.3 Å². The first-order valence-electron chi connectivity index (χ1n) is 5.50. The van der Waals surface area contributed by atoms with Crippen molar-refractivity contribution >= 4 is 23.5 Å². The molecule has 1 aromatic rings. The largest absolute Gasteiger partial charge is 0.493 e. The molecule has 0 radical (unpaired) electrons. The van der Waals surface area contributed by atoms with E-state index in [0.717, 1.165) is 17.7 Å². The zero-order valence-corrected chi connectivity index (χ0v) is 10.9. The van der Waals surface area contributed by atoms with Crippen LogP contribution in [0.2, 0.25) is 0 Å². The average Bonchev–Trinajstić information content (AvgIpc) is 2.37. The van der Waals surface area contributed by atoms with Gasteiger partial charge in [0.15, 0.2) is 5.11 Å². The van der Waals surface area contributed by atoms with E-state index in [1.54, 1.807) is 13.3 Å². The van der Waals surface area contributed by atoms with Crippen LogP contribution in [0.25, 0.3) is 0 Å². The number of nitrogens with zero attached hydrogens (tertiary/aromatic N) is 1. The molecule has 4 nitrogen and oxygen atoms in total. The monoisotopic (exact) mass is 251 g/mol. The standard InChI is InChI=1S/C12H17N3OS/c1-3-8-16-11-7-5-4-6-10(11)9-14-15-12(17)13-2/h4-7,9H,3,8H2,1-2H3,(H2,13,15,17). The maximum atomic E-state index is 5.60. The first-order chi connectivity index (χ1) is 8.27. The molecule has 0 saturated carbocycles. The Balaban J connectivity index is 2.65. The number of thiocarbonyl (C=S) groups is 1. The Hall–Kier alpha value is -1.62. The van der Waals surface area contributed by atoms with Gasteiger partial charge in [0, 0.05) is 12.6 Å². The van der Waals surface area contributed by atoms with Gasteiger partial charge in [-0.25, -0.2) is 0 Å². The van der Waals surface area contributed by atoms with Crippen molar-refractivity contribution in [3.05, 3.63) is 29.8 Å². The number of hydrazone groups is 1. The first kappa shape index (κ1) is 13.4. The Morgan fingerprint density at radius 2 is 2.24 bits per heavy atom. The van der Waals surface area contributed by atoms with Crippen molar-refractivity contribution in [3.63, 3.8) is 0 Å². The Kier molecular flexibility index (Phi) is 6.03. The first-order valence-corrected chi connectivity index (χ1v) is 5.91. The number of hydrogen-bond donors (Lipinski definition) is 2. The second kappa shape index (κ2) is 7.62. The summed E-state index contributed by atoms with van der Waals surface area (Å²) < 4.78 is 5.60. The molecule has 1 rings (SSSR count). The second-order valence-corrected chi connectivity index (χ2v) is 3.74. The summed E-state index contributed by atoms with van der Waals surface area (Å²) >= 11 is 4.91. The predicted molar refractivity (Wildman–Crippen MR) is 74.6 cm³/mol. The highest BCUT2D eigenvalue weighted by Crippen LogP contribution is 2.15. The Morgan fingerprint density at radius 1 is 1.47 bits per heavy atom. The van der Waals surface area contributed by atoms with Crippen LogP contribution in [-0.4, -0.2) is 25.0 Å². The third-order valence-corrected chi connectivity index (χ3v) is 2.27. The number of hydrogen-bond acceptors (Lipinski definition) is 3. The van der Waals surface area contributed by atoms with Crippen LogP contribution in [0.5, 0.6) is 5.75 Å². The molecule has 17 heavy (non-hydrogen) atoms. The lowest BCUT2D eigenvalue weighted by Gasteiger charge is -2.07. The van der Waals surface area contributed by atoms with E-state index in [1.165, 1.54) is 0 Å². The Bertz CT molecular complexity index is 393. The van der Waals surface area contributed by atoms with Gasteiger partial charge in [0.2, 0.25) is 0 Å². The molecular weight excluding hydrogens is 234 g/mol. The molecule has 0 amide bonds. The van der Waals surface area contributed by atoms with Crippen LogP contribution >= 0.6 is 12.2 Å². The summed E-state index contributed by atoms with van der Waals surface area (Å²) in [7, 11) is 1.74. The molecule has 0 saturated heterocycles. The minimum Gasteiger partial charge on any atom is -0.493 e. The molecule has 0 aliphatic rings. The lowest BCUT2D eigenvalue weighted by Crippen LogP contribution is -2.28. The van der Waals surface area contributed by atoms with Crippen LogP contribution < -0.4 is 15.5 Å². The number of benzene rings is 1. The topological polar surface area (TPSA) is 45.6 Å². The lowest BCUT2D eigenvalue weighted by atomic mass is 10.2. The zero-order valence-electron chi connectivity index (χ0n) is 10.1. The summed E-state index contributed by atoms with van der Waals surface area (Å²) in [5, 5.41) is 7.28. The summed E-state index contributed by atoms with van der Waals surface area (Å²) in [4.78, 5) is 0. The van der Waals surface area contributed by atoms with Gasteiger partial charge in [-0.3, -0.25) is 5.43 Å². The van der Waals surface area contributed by atoms with Gasteiger partial charge in [-0.05, 0) is 30.8 Å². The molecule has 1 aromatic carbocycles. The van der Waals surface area contributed by atoms with Gasteiger partial charge in [0.25, 0.3) is 0 Å². The average molecular weight is 251 g/mol. The van der Waals surface area contributed by atoms with Gasteiger partial charge in [-0.1, -0.05) is 19.1 Å². The third kappa shape index (κ3) is 4.82. The summed E-state index contributed by atoms with van der Waals surface area (Å²) in [6.45, 7) is 2.77. The quantitative estimate of drug-likeness (QED) is 0.477. The smallest absolute Gasteiger partial charge is 0.186 e. The number of para-hydroxylation sites is 1. The molecule has 0 aliphatic carbocycles. The van der Waals surface area contributed by atoms with Crippen LogP contribution in [0, 0.1) is 0 Å². The predicted octanol–water partition coefficient (Wildman–Crippen LogP) is 1.90. The maximum Gasteiger partial charge on any atom is 0.186 e. The normalized spacial score (nSPS) is 10.2. The molecule has 0 heterocycles. The van der Waals surface area contributed by atoms with Gasteiger partial charge in [-0.15, -0.1) is 0 Å². The molecule has 0 unspecified atom stereocenters. The zero-order chi connectivity index (χ0) is 12.5. The molecule has 0 bridgehead atoms. The third-order valence-electron chi connectivity index (χ3n) is 1.98. The SMILES string of the molecule is CCCOc1ccccc1C=NNC(=S)NC. The van der Waals surface area contributed by atoms with Crippen molar-refractivity contribution in [1.82, 2.24) is 10.7 Å². The van der Waals surface area contributed by atoms with Crippen molar-refractivity contribution in [3.8, 4) is 5.75 Å². The van der Waals surface area contributed by atoms with Gasteiger partial charge in [0.1, 0.15) is 5.75 Å². The molecule has 2 N–H and O–H groups in total. The summed E-state index contributed by atoms with van der Waals surface area (Å²) in [5.41, 5.74) is 3.62. The van der Waals surface area contributed by atoms with Crippen LogP contribution in [0.4, 0.5) is 0 Å². The van der Waals surface area contributed by atoms with E-state index in [4.69, 9.17) is 17.0 Å². The van der Waals surface area contributed by atoms with Crippen molar-refractivity contribution < 1.29 is 4.74 Å². The van der Waals surface area contributed by atoms with Crippen LogP contribution in [-0.2, 0) is 0 Å². The van der Waals surface area contributed by atoms with E-state index in [2.05, 4.69) is 22.8 Å². The van der Waals surface area contributed by atoms with E-state index in [0.29, 0.717) is 11.7 Å². The molecule has 0 spiro atoms. The molecule has 92 valence electrons. The highest BCUT2D eigenvalue weighted by atomic mass is 32.1. The Labute approximate surface area is 107 Å². The number of nitrogens with one attached hydrogen (secondary N) is 2. The minimum atomic E-state index is 0.480. The molecular formula is C12H17N3OS. The van der Waals surface area contributed by atoms with Gasteiger partial charge in [0.05, 0.1) is 12.8 Å². The highest BCUT2D eigenvalue weighted by molar-refractivity contribution is 7.80. The summed E-state index contributed by atoms with van der Waals surface area (Å²) in [5.74, 6) is 0.829. The highest BCUT2D eigenvalue weighted by Gasteiger charge is 1.99. The van der Waals surface area contributed by atoms with Crippen molar-refractivity contribution in [2.75, 3.05) is 13.7 Å². The number of ether oxygens (including phenoxy) is 1. The molecule has 0 aromatic heterocycles. The van der Waals surface area contributed by atoms with Crippen LogP contribution in [0.3, 0.4) is 0 Å². The molecule has 0 atom stereocenters. The van der Waals surface area contributed by atoms with E-state index in [9.17, 15) is 0 Å². The molecule has 0 aliphatic heterocycles. The van der Waals surface area contributed by atoms with Crippen molar-refractivity contribution in [2.24, 2.45) is 5.10 Å². The fourth-order valence-electron chi connectivity index (χ4n) is 1.15. The summed E-state index contributed by atoms with van der Waals surface area (Å²) in [6, 6.07) is 7.75. The van der Waals surface area contributed by atoms with Crippen molar-refractivity contribution in [1.29, 1.82) is 0 Å². The van der Waals surface area contributed by atoms with E-state index in [-0.39, 0.29) is 0 Å². The van der Waals surface area contributed by atoms with Crippen LogP contribution in [0.15, 0.2) is 29.4 Å². The Morgan fingerprint density at radius 3 is 2.94 bits per heavy atom. The van der Waals surface area contributed by atoms with Gasteiger partial charge < -0.3 is 10.1 Å². The van der Waals surface area contributed by atoms with E-state index >= 15 is 0 Å². The fraction of sp³-hybridized carbons (Fsp3) is 0.333. The minimum absolute atomic E-state index is 0.480. The summed E-state index contributed by atoms with van der Waals surface area (Å²) in [6.07, 6.45) is 2.67. The second-order valence-electron chi connectivity index (χ2n) is 3.34. The maximum absolute atomic E-state index is 5.60. The number of rotatable bonds is 5. The molecule has 5 heteroatoms. The van der Waals surface area contributed by atoms with Gasteiger partial charge >= 0.3 is 0 Å². The lowest BCUT2D eigenvalue weighted by molar-refractivity contribution is 0.317. The fourth-order valence-corrected chi connectivity index (χ4v) is 1.20. The molecule has 0 fully saturated rings. The van der Waals surface area contributed by atoms with Crippen LogP contribution in [0.1, 0.15) is 18.9 Å². The van der Waals surface area contributed by atoms with E-state index < -0.39 is 0 Å².